The van der Waals surface area contributed by atoms with Gasteiger partial charge in [0.2, 0.25) is 5.91 Å². The molecule has 0 spiro atoms. The molecule has 0 unspecified atom stereocenters. The zero-order valence-electron chi connectivity index (χ0n) is 12.1. The molecule has 0 fully saturated rings. The normalized spacial score (nSPS) is 15.0. The first-order valence-electron chi connectivity index (χ1n) is 6.70. The van der Waals surface area contributed by atoms with Gasteiger partial charge in [0.1, 0.15) is 12.1 Å². The molecule has 20 heavy (non-hydrogen) atoms. The van der Waals surface area contributed by atoms with E-state index in [0.717, 1.165) is 6.42 Å². The lowest BCUT2D eigenvalue weighted by Crippen LogP contribution is -2.48. The van der Waals surface area contributed by atoms with E-state index in [2.05, 4.69) is 5.32 Å². The van der Waals surface area contributed by atoms with Crippen LogP contribution in [0.25, 0.3) is 0 Å². The van der Waals surface area contributed by atoms with E-state index in [1.54, 1.807) is 12.1 Å². The van der Waals surface area contributed by atoms with Crippen molar-refractivity contribution in [3.05, 3.63) is 35.9 Å². The molecule has 3 atom stereocenters. The fourth-order valence-corrected chi connectivity index (χ4v) is 1.85. The Bertz CT molecular complexity index is 448. The van der Waals surface area contributed by atoms with Gasteiger partial charge in [-0.1, -0.05) is 50.6 Å². The molecule has 1 aromatic carbocycles. The fraction of sp³-hybridized carbons (Fsp3) is 0.467. The van der Waals surface area contributed by atoms with E-state index in [1.165, 1.54) is 7.11 Å². The van der Waals surface area contributed by atoms with Crippen LogP contribution in [0.5, 0.6) is 0 Å². The van der Waals surface area contributed by atoms with Crippen LogP contribution in [0.4, 0.5) is 0 Å². The van der Waals surface area contributed by atoms with Crippen LogP contribution in [-0.4, -0.2) is 25.0 Å². The number of carbonyl (C=O) groups is 2. The lowest BCUT2D eigenvalue weighted by molar-refractivity contribution is -0.146. The van der Waals surface area contributed by atoms with E-state index < -0.39 is 18.1 Å². The van der Waals surface area contributed by atoms with Crippen molar-refractivity contribution in [1.29, 1.82) is 0 Å². The molecule has 0 bridgehead atoms. The monoisotopic (exact) mass is 278 g/mol. The van der Waals surface area contributed by atoms with E-state index in [-0.39, 0.29) is 11.8 Å². The van der Waals surface area contributed by atoms with Gasteiger partial charge in [-0.25, -0.2) is 4.79 Å². The molecule has 110 valence electrons. The molecule has 0 radical (unpaired) electrons. The Kier molecular flexibility index (Phi) is 6.18. The second-order valence-electron chi connectivity index (χ2n) is 4.78. The molecule has 5 nitrogen and oxygen atoms in total. The second kappa shape index (κ2) is 7.65. The number of ether oxygens (including phenoxy) is 1. The highest BCUT2D eigenvalue weighted by atomic mass is 16.5. The minimum atomic E-state index is -0.799. The summed E-state index contributed by atoms with van der Waals surface area (Å²) >= 11 is 0. The van der Waals surface area contributed by atoms with Crippen molar-refractivity contribution in [2.45, 2.75) is 32.4 Å². The van der Waals surface area contributed by atoms with Crippen molar-refractivity contribution < 1.29 is 14.3 Å². The van der Waals surface area contributed by atoms with Crippen molar-refractivity contribution in [2.24, 2.45) is 11.7 Å². The standard InChI is InChI=1S/C15H22N2O3/c1-4-10(2)13(15(19)20-3)17-14(18)12(16)11-8-6-5-7-9-11/h5-10,12-13H,4,16H2,1-3H3,(H,17,18)/t10-,12+,13-/m0/s1. The summed E-state index contributed by atoms with van der Waals surface area (Å²) in [6.07, 6.45) is 0.751. The molecular weight excluding hydrogens is 256 g/mol. The highest BCUT2D eigenvalue weighted by molar-refractivity contribution is 5.88. The van der Waals surface area contributed by atoms with E-state index in [9.17, 15) is 9.59 Å². The van der Waals surface area contributed by atoms with Gasteiger partial charge in [0.15, 0.2) is 0 Å². The van der Waals surface area contributed by atoms with Crippen LogP contribution >= 0.6 is 0 Å². The van der Waals surface area contributed by atoms with Gasteiger partial charge in [0.05, 0.1) is 7.11 Å². The highest BCUT2D eigenvalue weighted by Gasteiger charge is 2.28. The minimum Gasteiger partial charge on any atom is -0.467 e. The molecule has 1 rings (SSSR count). The van der Waals surface area contributed by atoms with Crippen molar-refractivity contribution in [2.75, 3.05) is 7.11 Å². The fourth-order valence-electron chi connectivity index (χ4n) is 1.85. The lowest BCUT2D eigenvalue weighted by atomic mass is 9.98. The van der Waals surface area contributed by atoms with Gasteiger partial charge >= 0.3 is 5.97 Å². The van der Waals surface area contributed by atoms with Crippen LogP contribution < -0.4 is 11.1 Å². The molecule has 0 saturated carbocycles. The molecule has 1 aromatic rings. The molecule has 0 aliphatic rings. The zero-order valence-corrected chi connectivity index (χ0v) is 12.1. The molecule has 0 aliphatic heterocycles. The van der Waals surface area contributed by atoms with Gasteiger partial charge in [0.25, 0.3) is 0 Å². The van der Waals surface area contributed by atoms with E-state index in [4.69, 9.17) is 10.5 Å². The van der Waals surface area contributed by atoms with Gasteiger partial charge in [-0.15, -0.1) is 0 Å². The number of nitrogens with one attached hydrogen (secondary N) is 1. The van der Waals surface area contributed by atoms with Gasteiger partial charge in [-0.05, 0) is 11.5 Å². The lowest BCUT2D eigenvalue weighted by Gasteiger charge is -2.23. The average Bonchev–Trinajstić information content (AvgIpc) is 2.50. The Morgan fingerprint density at radius 1 is 1.30 bits per heavy atom. The number of benzene rings is 1. The highest BCUT2D eigenvalue weighted by Crippen LogP contribution is 2.13. The summed E-state index contributed by atoms with van der Waals surface area (Å²) in [5.41, 5.74) is 6.61. The molecule has 0 aliphatic carbocycles. The van der Waals surface area contributed by atoms with Crippen LogP contribution in [-0.2, 0) is 14.3 Å². The van der Waals surface area contributed by atoms with Crippen LogP contribution in [0.1, 0.15) is 31.9 Å². The first kappa shape index (κ1) is 16.2. The smallest absolute Gasteiger partial charge is 0.328 e. The van der Waals surface area contributed by atoms with Gasteiger partial charge in [-0.2, -0.15) is 0 Å². The second-order valence-corrected chi connectivity index (χ2v) is 4.78. The number of amides is 1. The van der Waals surface area contributed by atoms with Crippen LogP contribution in [0.15, 0.2) is 30.3 Å². The number of hydrogen-bond acceptors (Lipinski definition) is 4. The van der Waals surface area contributed by atoms with Crippen molar-refractivity contribution in [3.63, 3.8) is 0 Å². The zero-order chi connectivity index (χ0) is 15.1. The maximum atomic E-state index is 12.2. The molecule has 0 aromatic heterocycles. The number of esters is 1. The third-order valence-corrected chi connectivity index (χ3v) is 3.41. The molecule has 5 heteroatoms. The Balaban J connectivity index is 2.78. The average molecular weight is 278 g/mol. The quantitative estimate of drug-likeness (QED) is 0.770. The van der Waals surface area contributed by atoms with E-state index >= 15 is 0 Å². The number of rotatable bonds is 6. The number of methoxy groups -OCH3 is 1. The van der Waals surface area contributed by atoms with Gasteiger partial charge in [-0.3, -0.25) is 4.79 Å². The van der Waals surface area contributed by atoms with Gasteiger partial charge in [0, 0.05) is 0 Å². The van der Waals surface area contributed by atoms with Crippen molar-refractivity contribution in [3.8, 4) is 0 Å². The molecule has 1 amide bonds. The SMILES string of the molecule is CC[C@H](C)[C@H](NC(=O)[C@H](N)c1ccccc1)C(=O)OC. The predicted molar refractivity (Wildman–Crippen MR) is 76.8 cm³/mol. The summed E-state index contributed by atoms with van der Waals surface area (Å²) in [6, 6.07) is 7.56. The van der Waals surface area contributed by atoms with E-state index in [1.807, 2.05) is 32.0 Å². The Morgan fingerprint density at radius 2 is 1.90 bits per heavy atom. The van der Waals surface area contributed by atoms with Crippen LogP contribution in [0.3, 0.4) is 0 Å². The Labute approximate surface area is 119 Å². The number of carbonyl (C=O) groups excluding carboxylic acids is 2. The largest absolute Gasteiger partial charge is 0.467 e. The molecule has 3 N–H and O–H groups in total. The third-order valence-electron chi connectivity index (χ3n) is 3.41. The maximum Gasteiger partial charge on any atom is 0.328 e. The van der Waals surface area contributed by atoms with Crippen molar-refractivity contribution in [1.82, 2.24) is 5.32 Å². The summed E-state index contributed by atoms with van der Waals surface area (Å²) in [7, 11) is 1.31. The van der Waals surface area contributed by atoms with Gasteiger partial charge < -0.3 is 15.8 Å². The topological polar surface area (TPSA) is 81.4 Å². The Morgan fingerprint density at radius 3 is 2.40 bits per heavy atom. The summed E-state index contributed by atoms with van der Waals surface area (Å²) in [5.74, 6) is -0.853. The Hall–Kier alpha value is -1.88. The van der Waals surface area contributed by atoms with E-state index in [0.29, 0.717) is 5.56 Å². The van der Waals surface area contributed by atoms with Crippen LogP contribution in [0.2, 0.25) is 0 Å². The molecule has 0 heterocycles. The maximum absolute atomic E-state index is 12.2. The first-order valence-corrected chi connectivity index (χ1v) is 6.70. The predicted octanol–water partition coefficient (Wildman–Crippen LogP) is 1.39. The molecular formula is C15H22N2O3. The number of hydrogen-bond donors (Lipinski definition) is 2. The summed E-state index contributed by atoms with van der Waals surface area (Å²) < 4.78 is 4.73. The first-order chi connectivity index (χ1) is 9.51. The summed E-state index contributed by atoms with van der Waals surface area (Å²) in [4.78, 5) is 23.9. The molecule has 0 saturated heterocycles. The van der Waals surface area contributed by atoms with Crippen molar-refractivity contribution >= 4 is 11.9 Å². The minimum absolute atomic E-state index is 0.0191. The van der Waals surface area contributed by atoms with Crippen LogP contribution in [0, 0.1) is 5.92 Å². The summed E-state index contributed by atoms with van der Waals surface area (Å²) in [5, 5.41) is 2.68. The summed E-state index contributed by atoms with van der Waals surface area (Å²) in [6.45, 7) is 3.83. The number of nitrogens with two attached hydrogens (primary N) is 1. The third kappa shape index (κ3) is 4.06.